The van der Waals surface area contributed by atoms with Crippen LogP contribution in [0.5, 0.6) is 0 Å². The normalized spacial score (nSPS) is 13.9. The number of amides is 1. The molecular weight excluding hydrogens is 544 g/mol. The van der Waals surface area contributed by atoms with Crippen LogP contribution < -0.4 is 5.32 Å². The van der Waals surface area contributed by atoms with Gasteiger partial charge in [-0.2, -0.15) is 43.9 Å². The third-order valence-corrected chi connectivity index (χ3v) is 5.71. The zero-order chi connectivity index (χ0) is 27.3. The molecule has 0 unspecified atom stereocenters. The molecule has 0 atom stereocenters. The van der Waals surface area contributed by atoms with Crippen molar-refractivity contribution in [1.29, 1.82) is 0 Å². The van der Waals surface area contributed by atoms with Crippen molar-refractivity contribution in [3.8, 4) is 11.3 Å². The first-order chi connectivity index (χ1) is 16.4. The number of nitrogens with one attached hydrogen (secondary N) is 1. The summed E-state index contributed by atoms with van der Waals surface area (Å²) >= 11 is 0.353. The SMILES string of the molecule is O=C(Nc1nc(-c2cccc3ccccc23)cs1)C(F)(F)C(F)(F)C(F)(F)C(F)(F)C(F)(F)C(F)F. The Morgan fingerprint density at radius 1 is 0.806 bits per heavy atom. The van der Waals surface area contributed by atoms with Crippen molar-refractivity contribution in [3.63, 3.8) is 0 Å². The first-order valence-electron chi connectivity index (χ1n) is 9.32. The number of alkyl halides is 12. The molecule has 1 aromatic heterocycles. The monoisotopic (exact) mass is 554 g/mol. The molecule has 0 aliphatic rings. The third-order valence-electron chi connectivity index (χ3n) is 4.95. The number of carbonyl (C=O) groups excluding carboxylic acids is 1. The zero-order valence-corrected chi connectivity index (χ0v) is 17.8. The predicted molar refractivity (Wildman–Crippen MR) is 104 cm³/mol. The van der Waals surface area contributed by atoms with E-state index in [0.29, 0.717) is 27.7 Å². The molecule has 0 radical (unpaired) electrons. The number of hydrogen-bond donors (Lipinski definition) is 1. The average molecular weight is 554 g/mol. The number of fused-ring (bicyclic) bond motifs is 1. The first kappa shape index (κ1) is 27.5. The van der Waals surface area contributed by atoms with Gasteiger partial charge in [-0.3, -0.25) is 10.1 Å². The van der Waals surface area contributed by atoms with E-state index in [-0.39, 0.29) is 5.69 Å². The van der Waals surface area contributed by atoms with Gasteiger partial charge in [0.1, 0.15) is 0 Å². The minimum atomic E-state index is -7.79. The fourth-order valence-corrected chi connectivity index (χ4v) is 3.67. The predicted octanol–water partition coefficient (Wildman–Crippen LogP) is 7.34. The summed E-state index contributed by atoms with van der Waals surface area (Å²) in [5.41, 5.74) is 0.387. The Kier molecular flexibility index (Phi) is 6.74. The maximum atomic E-state index is 14.0. The van der Waals surface area contributed by atoms with Crippen LogP contribution in [0.4, 0.5) is 57.8 Å². The second-order valence-electron chi connectivity index (χ2n) is 7.24. The lowest BCUT2D eigenvalue weighted by Crippen LogP contribution is -2.70. The number of hydrogen-bond acceptors (Lipinski definition) is 3. The van der Waals surface area contributed by atoms with E-state index in [0.717, 1.165) is 10.7 Å². The molecule has 1 heterocycles. The van der Waals surface area contributed by atoms with Gasteiger partial charge in [-0.15, -0.1) is 11.3 Å². The van der Waals surface area contributed by atoms with Crippen LogP contribution in [0, 0.1) is 0 Å². The molecule has 3 nitrogen and oxygen atoms in total. The van der Waals surface area contributed by atoms with Crippen LogP contribution in [0.1, 0.15) is 0 Å². The van der Waals surface area contributed by atoms with Crippen molar-refractivity contribution in [2.45, 2.75) is 36.0 Å². The number of thiazole rings is 1. The van der Waals surface area contributed by atoms with Gasteiger partial charge in [0.05, 0.1) is 5.69 Å². The number of anilines is 1. The molecule has 0 fully saturated rings. The number of rotatable bonds is 8. The molecule has 1 amide bonds. The van der Waals surface area contributed by atoms with Gasteiger partial charge in [0, 0.05) is 10.9 Å². The van der Waals surface area contributed by atoms with Gasteiger partial charge in [-0.05, 0) is 10.8 Å². The highest BCUT2D eigenvalue weighted by Gasteiger charge is 2.89. The number of aromatic nitrogens is 1. The molecule has 1 N–H and O–H groups in total. The Morgan fingerprint density at radius 3 is 2.00 bits per heavy atom. The Bertz CT molecular complexity index is 1270. The van der Waals surface area contributed by atoms with Crippen LogP contribution in [-0.2, 0) is 4.79 Å². The van der Waals surface area contributed by atoms with E-state index in [9.17, 15) is 57.5 Å². The van der Waals surface area contributed by atoms with E-state index < -0.39 is 47.1 Å². The fourth-order valence-electron chi connectivity index (χ4n) is 2.96. The second kappa shape index (κ2) is 8.81. The van der Waals surface area contributed by atoms with Gasteiger partial charge in [0.2, 0.25) is 0 Å². The summed E-state index contributed by atoms with van der Waals surface area (Å²) in [5.74, 6) is -40.2. The van der Waals surface area contributed by atoms with Gasteiger partial charge in [0.25, 0.3) is 0 Å². The minimum Gasteiger partial charge on any atom is -0.296 e. The summed E-state index contributed by atoms with van der Waals surface area (Å²) in [6.45, 7) is 0. The van der Waals surface area contributed by atoms with Gasteiger partial charge in [-0.25, -0.2) is 13.8 Å². The van der Waals surface area contributed by atoms with E-state index in [1.54, 1.807) is 36.4 Å². The number of halogens is 12. The van der Waals surface area contributed by atoms with Crippen LogP contribution in [0.25, 0.3) is 22.0 Å². The molecular formula is C20H10F12N2OS. The summed E-state index contributed by atoms with van der Waals surface area (Å²) in [6, 6.07) is 11.4. The molecule has 2 aromatic carbocycles. The van der Waals surface area contributed by atoms with Crippen LogP contribution >= 0.6 is 11.3 Å². The Labute approximate surface area is 196 Å². The number of nitrogens with zero attached hydrogens (tertiary/aromatic N) is 1. The molecule has 196 valence electrons. The molecule has 0 saturated carbocycles. The molecule has 0 aliphatic carbocycles. The lowest BCUT2D eigenvalue weighted by Gasteiger charge is -2.38. The quantitative estimate of drug-likeness (QED) is 0.296. The molecule has 3 rings (SSSR count). The Hall–Kier alpha value is -3.04. The molecule has 0 aliphatic heterocycles. The van der Waals surface area contributed by atoms with Crippen molar-refractivity contribution in [2.24, 2.45) is 0 Å². The first-order valence-corrected chi connectivity index (χ1v) is 10.2. The summed E-state index contributed by atoms with van der Waals surface area (Å²) in [7, 11) is 0. The minimum absolute atomic E-state index is 0.00983. The summed E-state index contributed by atoms with van der Waals surface area (Å²) in [4.78, 5) is 15.4. The van der Waals surface area contributed by atoms with Gasteiger partial charge >= 0.3 is 41.9 Å². The largest absolute Gasteiger partial charge is 0.393 e. The van der Waals surface area contributed by atoms with E-state index in [1.807, 2.05) is 0 Å². The van der Waals surface area contributed by atoms with Crippen molar-refractivity contribution in [1.82, 2.24) is 4.98 Å². The van der Waals surface area contributed by atoms with Crippen LogP contribution in [0.3, 0.4) is 0 Å². The highest BCUT2D eigenvalue weighted by Crippen LogP contribution is 2.58. The van der Waals surface area contributed by atoms with Gasteiger partial charge in [-0.1, -0.05) is 42.5 Å². The molecule has 0 bridgehead atoms. The number of carbonyl (C=O) groups is 1. The summed E-state index contributed by atoms with van der Waals surface area (Å²) in [6.07, 6.45) is -5.63. The number of benzene rings is 2. The smallest absolute Gasteiger partial charge is 0.296 e. The van der Waals surface area contributed by atoms with Crippen molar-refractivity contribution in [3.05, 3.63) is 47.8 Å². The summed E-state index contributed by atoms with van der Waals surface area (Å²) < 4.78 is 160. The van der Waals surface area contributed by atoms with Crippen LogP contribution in [0.15, 0.2) is 47.8 Å². The van der Waals surface area contributed by atoms with Crippen molar-refractivity contribution < 1.29 is 57.5 Å². The standard InChI is InChI=1S/C20H10F12N2OS/c21-13(22)16(23,24)18(27,28)20(31,32)19(29,30)17(25,26)14(35)34-15-33-12(8-36-15)11-7-3-5-9-4-1-2-6-10(9)11/h1-8,13H,(H,33,34,35). The maximum absolute atomic E-state index is 14.0. The van der Waals surface area contributed by atoms with Gasteiger partial charge < -0.3 is 0 Å². The second-order valence-corrected chi connectivity index (χ2v) is 8.10. The topological polar surface area (TPSA) is 42.0 Å². The Morgan fingerprint density at radius 2 is 1.39 bits per heavy atom. The van der Waals surface area contributed by atoms with E-state index in [1.165, 1.54) is 6.07 Å². The van der Waals surface area contributed by atoms with E-state index in [2.05, 4.69) is 4.98 Å². The third kappa shape index (κ3) is 4.04. The molecule has 0 saturated heterocycles. The zero-order valence-electron chi connectivity index (χ0n) is 17.0. The molecule has 16 heteroatoms. The van der Waals surface area contributed by atoms with Crippen molar-refractivity contribution >= 4 is 33.1 Å². The van der Waals surface area contributed by atoms with E-state index in [4.69, 9.17) is 0 Å². The van der Waals surface area contributed by atoms with Crippen LogP contribution in [0.2, 0.25) is 0 Å². The molecule has 36 heavy (non-hydrogen) atoms. The summed E-state index contributed by atoms with van der Waals surface area (Å²) in [5, 5.41) is 2.60. The molecule has 3 aromatic rings. The Balaban J connectivity index is 1.91. The average Bonchev–Trinajstić information content (AvgIpc) is 3.26. The highest BCUT2D eigenvalue weighted by molar-refractivity contribution is 7.14. The lowest BCUT2D eigenvalue weighted by molar-refractivity contribution is -0.406. The fraction of sp³-hybridized carbons (Fsp3) is 0.300. The highest BCUT2D eigenvalue weighted by atomic mass is 32.1. The van der Waals surface area contributed by atoms with E-state index >= 15 is 0 Å². The molecule has 0 spiro atoms. The maximum Gasteiger partial charge on any atom is 0.393 e. The van der Waals surface area contributed by atoms with Crippen LogP contribution in [-0.4, -0.2) is 46.9 Å². The van der Waals surface area contributed by atoms with Gasteiger partial charge in [0.15, 0.2) is 5.13 Å². The van der Waals surface area contributed by atoms with Crippen molar-refractivity contribution in [2.75, 3.05) is 5.32 Å². The lowest BCUT2D eigenvalue weighted by atomic mass is 9.94.